The largest absolute Gasteiger partial charge is 0.367 e. The van der Waals surface area contributed by atoms with Crippen LogP contribution in [0.5, 0.6) is 0 Å². The lowest BCUT2D eigenvalue weighted by Gasteiger charge is -2.30. The number of fused-ring (bicyclic) bond motifs is 1. The number of nitrogens with zero attached hydrogens (tertiary/aromatic N) is 1. The molecule has 152 valence electrons. The Labute approximate surface area is 186 Å². The Balaban J connectivity index is 0.00000240. The summed E-state index contributed by atoms with van der Waals surface area (Å²) in [6.07, 6.45) is 3.83. The predicted octanol–water partition coefficient (Wildman–Crippen LogP) is 6.12. The maximum atomic E-state index is 12.4. The van der Waals surface area contributed by atoms with Gasteiger partial charge in [0.1, 0.15) is 5.82 Å². The van der Waals surface area contributed by atoms with Gasteiger partial charge in [0.05, 0.1) is 15.6 Å². The highest BCUT2D eigenvalue weighted by atomic mass is 35.5. The number of pyridine rings is 1. The van der Waals surface area contributed by atoms with E-state index in [1.165, 1.54) is 0 Å². The van der Waals surface area contributed by atoms with E-state index in [4.69, 9.17) is 23.2 Å². The number of para-hydroxylation sites is 1. The Bertz CT molecular complexity index is 1000. The fourth-order valence-corrected chi connectivity index (χ4v) is 3.94. The number of carbonyl (C=O) groups excluding carboxylic acids is 1. The van der Waals surface area contributed by atoms with Crippen LogP contribution in [0, 0.1) is 0 Å². The maximum absolute atomic E-state index is 12.4. The van der Waals surface area contributed by atoms with Crippen molar-refractivity contribution in [2.24, 2.45) is 0 Å². The summed E-state index contributed by atoms with van der Waals surface area (Å²) in [4.78, 5) is 17.1. The molecule has 0 spiro atoms. The highest BCUT2D eigenvalue weighted by Gasteiger charge is 2.23. The zero-order valence-corrected chi connectivity index (χ0v) is 18.0. The van der Waals surface area contributed by atoms with E-state index in [1.807, 2.05) is 24.3 Å². The molecule has 7 heteroatoms. The van der Waals surface area contributed by atoms with Crippen LogP contribution in [0.3, 0.4) is 0 Å². The monoisotopic (exact) mass is 449 g/mol. The Hall–Kier alpha value is -2.01. The summed E-state index contributed by atoms with van der Waals surface area (Å²) in [5.41, 5.74) is 1.53. The zero-order valence-electron chi connectivity index (χ0n) is 15.7. The fourth-order valence-electron chi connectivity index (χ4n) is 3.64. The quantitative estimate of drug-likeness (QED) is 0.504. The molecule has 2 N–H and O–H groups in total. The van der Waals surface area contributed by atoms with Gasteiger partial charge in [-0.05, 0) is 62.1 Å². The van der Waals surface area contributed by atoms with E-state index in [-0.39, 0.29) is 24.4 Å². The lowest BCUT2D eigenvalue weighted by molar-refractivity contribution is 0.0926. The number of carbonyl (C=O) groups is 1. The highest BCUT2D eigenvalue weighted by molar-refractivity contribution is 6.42. The molecular formula is C22H22Cl3N3O. The van der Waals surface area contributed by atoms with E-state index in [1.54, 1.807) is 18.2 Å². The Morgan fingerprint density at radius 3 is 2.38 bits per heavy atom. The Morgan fingerprint density at radius 1 is 0.897 bits per heavy atom. The number of benzene rings is 2. The number of aromatic nitrogens is 1. The van der Waals surface area contributed by atoms with Gasteiger partial charge in [0.2, 0.25) is 0 Å². The van der Waals surface area contributed by atoms with Crippen molar-refractivity contribution in [1.29, 1.82) is 0 Å². The first-order valence-electron chi connectivity index (χ1n) is 9.47. The van der Waals surface area contributed by atoms with Crippen LogP contribution in [-0.2, 0) is 0 Å². The molecule has 1 fully saturated rings. The fraction of sp³-hybridized carbons (Fsp3) is 0.273. The summed E-state index contributed by atoms with van der Waals surface area (Å²) in [7, 11) is 0. The number of hydrogen-bond acceptors (Lipinski definition) is 3. The van der Waals surface area contributed by atoms with Gasteiger partial charge in [0.15, 0.2) is 0 Å². The average Bonchev–Trinajstić information content (AvgIpc) is 2.71. The second-order valence-electron chi connectivity index (χ2n) is 7.18. The van der Waals surface area contributed by atoms with Crippen LogP contribution < -0.4 is 10.6 Å². The first-order chi connectivity index (χ1) is 13.6. The molecule has 3 aromatic rings. The number of anilines is 1. The van der Waals surface area contributed by atoms with Gasteiger partial charge in [0, 0.05) is 23.0 Å². The van der Waals surface area contributed by atoms with Crippen LogP contribution in [0.4, 0.5) is 5.82 Å². The molecule has 1 aromatic heterocycles. The normalized spacial score (nSPS) is 18.7. The summed E-state index contributed by atoms with van der Waals surface area (Å²) in [5, 5.41) is 8.63. The van der Waals surface area contributed by atoms with E-state index < -0.39 is 0 Å². The van der Waals surface area contributed by atoms with Gasteiger partial charge < -0.3 is 10.6 Å². The van der Waals surface area contributed by atoms with Crippen molar-refractivity contribution in [1.82, 2.24) is 10.3 Å². The first kappa shape index (κ1) is 21.7. The summed E-state index contributed by atoms with van der Waals surface area (Å²) in [6.45, 7) is 0. The number of nitrogens with one attached hydrogen (secondary N) is 2. The molecule has 1 amide bonds. The summed E-state index contributed by atoms with van der Waals surface area (Å²) < 4.78 is 0. The van der Waals surface area contributed by atoms with Crippen molar-refractivity contribution in [3.8, 4) is 0 Å². The number of rotatable bonds is 4. The minimum Gasteiger partial charge on any atom is -0.367 e. The summed E-state index contributed by atoms with van der Waals surface area (Å²) >= 11 is 11.9. The van der Waals surface area contributed by atoms with Crippen molar-refractivity contribution >= 4 is 58.2 Å². The van der Waals surface area contributed by atoms with Gasteiger partial charge >= 0.3 is 0 Å². The van der Waals surface area contributed by atoms with Gasteiger partial charge in [-0.15, -0.1) is 12.4 Å². The molecule has 4 nitrogen and oxygen atoms in total. The van der Waals surface area contributed by atoms with Crippen LogP contribution in [0.2, 0.25) is 10.0 Å². The molecule has 1 aliphatic carbocycles. The number of amides is 1. The van der Waals surface area contributed by atoms with Crippen molar-refractivity contribution in [3.63, 3.8) is 0 Å². The van der Waals surface area contributed by atoms with E-state index in [0.717, 1.165) is 42.4 Å². The van der Waals surface area contributed by atoms with Crippen LogP contribution >= 0.6 is 35.6 Å². The minimum absolute atomic E-state index is 0. The van der Waals surface area contributed by atoms with Crippen molar-refractivity contribution < 1.29 is 4.79 Å². The topological polar surface area (TPSA) is 54.0 Å². The molecule has 0 aliphatic heterocycles. The number of hydrogen-bond donors (Lipinski definition) is 2. The molecule has 0 radical (unpaired) electrons. The van der Waals surface area contributed by atoms with E-state index in [0.29, 0.717) is 21.7 Å². The van der Waals surface area contributed by atoms with Gasteiger partial charge in [-0.1, -0.05) is 41.4 Å². The third kappa shape index (κ3) is 5.33. The highest BCUT2D eigenvalue weighted by Crippen LogP contribution is 2.25. The summed E-state index contributed by atoms with van der Waals surface area (Å²) in [5.74, 6) is 0.799. The van der Waals surface area contributed by atoms with Crippen LogP contribution in [0.1, 0.15) is 36.0 Å². The maximum Gasteiger partial charge on any atom is 0.251 e. The second-order valence-corrected chi connectivity index (χ2v) is 8.00. The predicted molar refractivity (Wildman–Crippen MR) is 123 cm³/mol. The van der Waals surface area contributed by atoms with Gasteiger partial charge in [-0.25, -0.2) is 4.98 Å². The molecule has 0 bridgehead atoms. The smallest absolute Gasteiger partial charge is 0.251 e. The molecular weight excluding hydrogens is 429 g/mol. The average molecular weight is 451 g/mol. The zero-order chi connectivity index (χ0) is 19.5. The molecule has 0 atom stereocenters. The standard InChI is InChI=1S/C22H21Cl2N3O.ClH/c23-18-11-5-15(13-19(18)24)22(28)26-17-9-7-16(8-10-17)25-21-12-6-14-3-1-2-4-20(14)27-21;/h1-6,11-13,16-17H,7-10H2,(H,25,27)(H,26,28);1H/t16-,17+;. The lowest BCUT2D eigenvalue weighted by atomic mass is 9.91. The molecule has 29 heavy (non-hydrogen) atoms. The molecule has 4 rings (SSSR count). The van der Waals surface area contributed by atoms with E-state index in [9.17, 15) is 4.79 Å². The second kappa shape index (κ2) is 9.66. The van der Waals surface area contributed by atoms with Crippen molar-refractivity contribution in [3.05, 3.63) is 70.2 Å². The number of halogens is 3. The minimum atomic E-state index is -0.105. The molecule has 2 aromatic carbocycles. The SMILES string of the molecule is Cl.O=C(N[C@H]1CC[C@@H](Nc2ccc3ccccc3n2)CC1)c1ccc(Cl)c(Cl)c1. The molecule has 0 unspecified atom stereocenters. The lowest BCUT2D eigenvalue weighted by Crippen LogP contribution is -2.40. The summed E-state index contributed by atoms with van der Waals surface area (Å²) in [6, 6.07) is 17.7. The van der Waals surface area contributed by atoms with Crippen molar-refractivity contribution in [2.45, 2.75) is 37.8 Å². The molecule has 0 saturated heterocycles. The Morgan fingerprint density at radius 2 is 1.62 bits per heavy atom. The first-order valence-corrected chi connectivity index (χ1v) is 10.2. The third-order valence-corrected chi connectivity index (χ3v) is 5.93. The molecule has 1 saturated carbocycles. The third-order valence-electron chi connectivity index (χ3n) is 5.19. The molecule has 1 heterocycles. The van der Waals surface area contributed by atoms with Gasteiger partial charge in [-0.2, -0.15) is 0 Å². The van der Waals surface area contributed by atoms with Crippen molar-refractivity contribution in [2.75, 3.05) is 5.32 Å². The van der Waals surface area contributed by atoms with Crippen LogP contribution in [-0.4, -0.2) is 23.0 Å². The van der Waals surface area contributed by atoms with Gasteiger partial charge in [-0.3, -0.25) is 4.79 Å². The Kier molecular flexibility index (Phi) is 7.23. The van der Waals surface area contributed by atoms with E-state index >= 15 is 0 Å². The molecule has 1 aliphatic rings. The van der Waals surface area contributed by atoms with Crippen LogP contribution in [0.25, 0.3) is 10.9 Å². The van der Waals surface area contributed by atoms with Crippen LogP contribution in [0.15, 0.2) is 54.6 Å². The van der Waals surface area contributed by atoms with Gasteiger partial charge in [0.25, 0.3) is 5.91 Å². The van der Waals surface area contributed by atoms with E-state index in [2.05, 4.69) is 27.8 Å².